The van der Waals surface area contributed by atoms with E-state index in [2.05, 4.69) is 20.8 Å². The Hall–Kier alpha value is -0.450. The molecule has 102 valence electrons. The van der Waals surface area contributed by atoms with Crippen molar-refractivity contribution in [2.75, 3.05) is 13.6 Å². The Bertz CT molecular complexity index is 388. The highest BCUT2D eigenvalue weighted by atomic mass is 79.9. The van der Waals surface area contributed by atoms with Crippen molar-refractivity contribution in [3.8, 4) is 0 Å². The van der Waals surface area contributed by atoms with Crippen LogP contribution >= 0.6 is 15.9 Å². The van der Waals surface area contributed by atoms with Gasteiger partial charge in [0.2, 0.25) is 0 Å². The molecule has 1 aromatic rings. The molecule has 0 aliphatic heterocycles. The highest BCUT2D eigenvalue weighted by Crippen LogP contribution is 2.17. The van der Waals surface area contributed by atoms with E-state index in [1.54, 1.807) is 6.07 Å². The lowest BCUT2D eigenvalue weighted by atomic mass is 10.00. The van der Waals surface area contributed by atoms with Gasteiger partial charge in [-0.2, -0.15) is 0 Å². The minimum atomic E-state index is -0.149. The maximum Gasteiger partial charge on any atom is 0.127 e. The molecule has 0 spiro atoms. The van der Waals surface area contributed by atoms with Gasteiger partial charge in [0.05, 0.1) is 0 Å². The van der Waals surface area contributed by atoms with E-state index in [9.17, 15) is 4.39 Å². The highest BCUT2D eigenvalue weighted by Gasteiger charge is 2.11. The molecule has 0 aliphatic rings. The van der Waals surface area contributed by atoms with Crippen LogP contribution < -0.4 is 5.73 Å². The van der Waals surface area contributed by atoms with E-state index >= 15 is 0 Å². The third-order valence-corrected chi connectivity index (χ3v) is 3.30. The Morgan fingerprint density at radius 2 is 2.06 bits per heavy atom. The average Bonchev–Trinajstić information content (AvgIpc) is 2.21. The van der Waals surface area contributed by atoms with Crippen LogP contribution in [0.1, 0.15) is 32.3 Å². The summed E-state index contributed by atoms with van der Waals surface area (Å²) in [5.74, 6) is -0.149. The molecule has 0 heterocycles. The molecule has 18 heavy (non-hydrogen) atoms. The fraction of sp³-hybridized carbons (Fsp3) is 0.571. The summed E-state index contributed by atoms with van der Waals surface area (Å²) in [6.07, 6.45) is 1.99. The van der Waals surface area contributed by atoms with Crippen LogP contribution in [-0.2, 0) is 6.54 Å². The van der Waals surface area contributed by atoms with E-state index in [1.807, 2.05) is 27.0 Å². The van der Waals surface area contributed by atoms with Crippen LogP contribution in [0, 0.1) is 5.82 Å². The van der Waals surface area contributed by atoms with Gasteiger partial charge in [0.1, 0.15) is 5.82 Å². The van der Waals surface area contributed by atoms with Gasteiger partial charge >= 0.3 is 0 Å². The van der Waals surface area contributed by atoms with Crippen molar-refractivity contribution in [1.82, 2.24) is 4.90 Å². The summed E-state index contributed by atoms with van der Waals surface area (Å²) in [4.78, 5) is 2.12. The summed E-state index contributed by atoms with van der Waals surface area (Å²) in [5, 5.41) is 0. The third-order valence-electron chi connectivity index (χ3n) is 2.81. The van der Waals surface area contributed by atoms with Crippen LogP contribution in [0.15, 0.2) is 22.7 Å². The normalized spacial score (nSPS) is 12.2. The maximum absolute atomic E-state index is 13.6. The second-order valence-corrected chi connectivity index (χ2v) is 6.48. The SMILES string of the molecule is CN(CCCC(C)(C)N)Cc1cc(Br)ccc1F. The molecule has 0 aromatic heterocycles. The van der Waals surface area contributed by atoms with E-state index in [1.165, 1.54) is 6.07 Å². The fourth-order valence-corrected chi connectivity index (χ4v) is 2.25. The topological polar surface area (TPSA) is 29.3 Å². The molecule has 2 N–H and O–H groups in total. The predicted octanol–water partition coefficient (Wildman–Crippen LogP) is 3.54. The molecule has 0 amide bonds. The Morgan fingerprint density at radius 1 is 1.39 bits per heavy atom. The third kappa shape index (κ3) is 5.94. The molecule has 1 aromatic carbocycles. The largest absolute Gasteiger partial charge is 0.326 e. The molecular formula is C14H22BrFN2. The first kappa shape index (κ1) is 15.6. The van der Waals surface area contributed by atoms with E-state index < -0.39 is 0 Å². The maximum atomic E-state index is 13.6. The smallest absolute Gasteiger partial charge is 0.127 e. The number of rotatable bonds is 6. The lowest BCUT2D eigenvalue weighted by molar-refractivity contribution is 0.299. The zero-order valence-electron chi connectivity index (χ0n) is 11.3. The Balaban J connectivity index is 2.44. The lowest BCUT2D eigenvalue weighted by Gasteiger charge is -2.21. The van der Waals surface area contributed by atoms with Crippen molar-refractivity contribution >= 4 is 15.9 Å². The van der Waals surface area contributed by atoms with Crippen molar-refractivity contribution in [3.05, 3.63) is 34.1 Å². The molecule has 0 fully saturated rings. The van der Waals surface area contributed by atoms with Gasteiger partial charge in [-0.15, -0.1) is 0 Å². The Kier molecular flexibility index (Phi) is 5.76. The van der Waals surface area contributed by atoms with E-state index in [0.29, 0.717) is 6.54 Å². The summed E-state index contributed by atoms with van der Waals surface area (Å²) in [7, 11) is 2.00. The van der Waals surface area contributed by atoms with Crippen molar-refractivity contribution in [2.45, 2.75) is 38.8 Å². The molecule has 1 rings (SSSR count). The minimum Gasteiger partial charge on any atom is -0.326 e. The number of hydrogen-bond acceptors (Lipinski definition) is 2. The summed E-state index contributed by atoms with van der Waals surface area (Å²) in [6.45, 7) is 5.60. The standard InChI is InChI=1S/C14H22BrFN2/c1-14(2,17)7-4-8-18(3)10-11-9-12(15)5-6-13(11)16/h5-6,9H,4,7-8,10,17H2,1-3H3. The molecule has 4 heteroatoms. The lowest BCUT2D eigenvalue weighted by Crippen LogP contribution is -2.33. The number of halogens is 2. The van der Waals surface area contributed by atoms with Gasteiger partial charge in [0.15, 0.2) is 0 Å². The van der Waals surface area contributed by atoms with Gasteiger partial charge in [-0.3, -0.25) is 0 Å². The van der Waals surface area contributed by atoms with Gasteiger partial charge in [0.25, 0.3) is 0 Å². The summed E-state index contributed by atoms with van der Waals surface area (Å²) in [6, 6.07) is 5.05. The molecular weight excluding hydrogens is 295 g/mol. The monoisotopic (exact) mass is 316 g/mol. The van der Waals surface area contributed by atoms with Crippen LogP contribution in [-0.4, -0.2) is 24.0 Å². The minimum absolute atomic E-state index is 0.123. The van der Waals surface area contributed by atoms with Crippen LogP contribution in [0.3, 0.4) is 0 Å². The molecule has 0 saturated heterocycles. The first-order valence-electron chi connectivity index (χ1n) is 6.19. The van der Waals surface area contributed by atoms with Crippen molar-refractivity contribution in [3.63, 3.8) is 0 Å². The molecule has 0 aliphatic carbocycles. The van der Waals surface area contributed by atoms with Crippen molar-refractivity contribution in [1.29, 1.82) is 0 Å². The van der Waals surface area contributed by atoms with Crippen LogP contribution in [0.2, 0.25) is 0 Å². The predicted molar refractivity (Wildman–Crippen MR) is 77.9 cm³/mol. The second kappa shape index (κ2) is 6.64. The molecule has 0 unspecified atom stereocenters. The zero-order chi connectivity index (χ0) is 13.8. The second-order valence-electron chi connectivity index (χ2n) is 5.57. The van der Waals surface area contributed by atoms with Gasteiger partial charge in [-0.25, -0.2) is 4.39 Å². The van der Waals surface area contributed by atoms with Crippen LogP contribution in [0.4, 0.5) is 4.39 Å². The summed E-state index contributed by atoms with van der Waals surface area (Å²) >= 11 is 3.36. The quantitative estimate of drug-likeness (QED) is 0.869. The van der Waals surface area contributed by atoms with E-state index in [-0.39, 0.29) is 11.4 Å². The van der Waals surface area contributed by atoms with Crippen LogP contribution in [0.5, 0.6) is 0 Å². The van der Waals surface area contributed by atoms with E-state index in [0.717, 1.165) is 29.4 Å². The summed E-state index contributed by atoms with van der Waals surface area (Å²) in [5.41, 5.74) is 6.53. The zero-order valence-corrected chi connectivity index (χ0v) is 12.9. The molecule has 0 radical (unpaired) electrons. The average molecular weight is 317 g/mol. The Morgan fingerprint density at radius 3 is 2.67 bits per heavy atom. The van der Waals surface area contributed by atoms with Crippen LogP contribution in [0.25, 0.3) is 0 Å². The first-order valence-corrected chi connectivity index (χ1v) is 6.98. The van der Waals surface area contributed by atoms with Gasteiger partial charge < -0.3 is 10.6 Å². The van der Waals surface area contributed by atoms with Gasteiger partial charge in [-0.05, 0) is 58.5 Å². The molecule has 0 bridgehead atoms. The number of benzene rings is 1. The number of nitrogens with two attached hydrogens (primary N) is 1. The Labute approximate surface area is 117 Å². The number of hydrogen-bond donors (Lipinski definition) is 1. The summed E-state index contributed by atoms with van der Waals surface area (Å²) < 4.78 is 14.5. The van der Waals surface area contributed by atoms with Crippen molar-refractivity contribution in [2.24, 2.45) is 5.73 Å². The van der Waals surface area contributed by atoms with Crippen molar-refractivity contribution < 1.29 is 4.39 Å². The molecule has 0 saturated carbocycles. The van der Waals surface area contributed by atoms with E-state index in [4.69, 9.17) is 5.73 Å². The molecule has 2 nitrogen and oxygen atoms in total. The highest BCUT2D eigenvalue weighted by molar-refractivity contribution is 9.10. The fourth-order valence-electron chi connectivity index (χ4n) is 1.84. The number of nitrogens with zero attached hydrogens (tertiary/aromatic N) is 1. The first-order chi connectivity index (χ1) is 8.28. The van der Waals surface area contributed by atoms with Gasteiger partial charge in [0, 0.05) is 22.1 Å². The van der Waals surface area contributed by atoms with Gasteiger partial charge in [-0.1, -0.05) is 15.9 Å². The molecule has 0 atom stereocenters.